The lowest BCUT2D eigenvalue weighted by Crippen LogP contribution is -2.48. The second-order valence-corrected chi connectivity index (χ2v) is 9.40. The Morgan fingerprint density at radius 1 is 1.09 bits per heavy atom. The summed E-state index contributed by atoms with van der Waals surface area (Å²) >= 11 is 7.83. The number of aromatic nitrogens is 2. The number of phenolic OH excluding ortho intramolecular Hbond substituents is 1. The summed E-state index contributed by atoms with van der Waals surface area (Å²) in [6.45, 7) is 5.31. The minimum atomic E-state index is 0.0606. The van der Waals surface area contributed by atoms with E-state index in [1.54, 1.807) is 12.1 Å². The van der Waals surface area contributed by atoms with Crippen LogP contribution in [-0.4, -0.2) is 51.9 Å². The summed E-state index contributed by atoms with van der Waals surface area (Å²) in [4.78, 5) is 19.1. The number of piperazine rings is 1. The molecule has 1 aliphatic heterocycles. The molecule has 2 aromatic heterocycles. The summed E-state index contributed by atoms with van der Waals surface area (Å²) in [7, 11) is 0. The minimum Gasteiger partial charge on any atom is -0.508 e. The number of carbonyl (C=O) groups is 1. The van der Waals surface area contributed by atoms with Gasteiger partial charge in [-0.15, -0.1) is 11.3 Å². The Morgan fingerprint density at radius 3 is 2.62 bits per heavy atom. The van der Waals surface area contributed by atoms with Gasteiger partial charge in [-0.3, -0.25) is 9.48 Å². The van der Waals surface area contributed by atoms with Crippen LogP contribution in [0.4, 0.5) is 5.69 Å². The first-order valence-electron chi connectivity index (χ1n) is 10.5. The SMILES string of the molecule is Cc1nn(Cc2ccccc2Cl)c2sc(C(=O)N3CCN(c4cccc(O)c4)CC3)cc12. The van der Waals surface area contributed by atoms with Gasteiger partial charge in [0.1, 0.15) is 10.6 Å². The average molecular weight is 467 g/mol. The van der Waals surface area contributed by atoms with Crippen LogP contribution in [-0.2, 0) is 6.54 Å². The van der Waals surface area contributed by atoms with E-state index in [9.17, 15) is 9.90 Å². The van der Waals surface area contributed by atoms with Crippen LogP contribution in [0.25, 0.3) is 10.2 Å². The monoisotopic (exact) mass is 466 g/mol. The molecule has 0 unspecified atom stereocenters. The minimum absolute atomic E-state index is 0.0606. The zero-order chi connectivity index (χ0) is 22.2. The van der Waals surface area contributed by atoms with Crippen molar-refractivity contribution in [1.82, 2.24) is 14.7 Å². The third-order valence-electron chi connectivity index (χ3n) is 5.86. The molecule has 8 heteroatoms. The fraction of sp³-hybridized carbons (Fsp3) is 0.250. The number of anilines is 1. The highest BCUT2D eigenvalue weighted by Gasteiger charge is 2.25. The maximum absolute atomic E-state index is 13.2. The van der Waals surface area contributed by atoms with Gasteiger partial charge in [-0.05, 0) is 36.8 Å². The van der Waals surface area contributed by atoms with Crippen LogP contribution in [0.1, 0.15) is 20.9 Å². The Bertz CT molecular complexity index is 1290. The van der Waals surface area contributed by atoms with Crippen molar-refractivity contribution in [3.8, 4) is 5.75 Å². The maximum Gasteiger partial charge on any atom is 0.264 e. The molecular weight excluding hydrogens is 444 g/mol. The third kappa shape index (κ3) is 3.94. The predicted octanol–water partition coefficient (Wildman–Crippen LogP) is 4.78. The number of fused-ring (bicyclic) bond motifs is 1. The average Bonchev–Trinajstić information content (AvgIpc) is 3.36. The first-order chi connectivity index (χ1) is 15.5. The van der Waals surface area contributed by atoms with Crippen LogP contribution in [0.2, 0.25) is 5.02 Å². The van der Waals surface area contributed by atoms with E-state index < -0.39 is 0 Å². The quantitative estimate of drug-likeness (QED) is 0.470. The van der Waals surface area contributed by atoms with E-state index >= 15 is 0 Å². The highest BCUT2D eigenvalue weighted by Crippen LogP contribution is 2.31. The number of hydrogen-bond donors (Lipinski definition) is 1. The zero-order valence-electron chi connectivity index (χ0n) is 17.7. The molecule has 0 atom stereocenters. The van der Waals surface area contributed by atoms with Crippen LogP contribution in [0, 0.1) is 6.92 Å². The number of hydrogen-bond acceptors (Lipinski definition) is 5. The van der Waals surface area contributed by atoms with Crippen LogP contribution >= 0.6 is 22.9 Å². The largest absolute Gasteiger partial charge is 0.508 e. The van der Waals surface area contributed by atoms with Gasteiger partial charge in [0.05, 0.1) is 17.1 Å². The van der Waals surface area contributed by atoms with Crippen LogP contribution in [0.3, 0.4) is 0 Å². The molecule has 0 bridgehead atoms. The Balaban J connectivity index is 1.33. The van der Waals surface area contributed by atoms with Crippen LogP contribution < -0.4 is 4.90 Å². The van der Waals surface area contributed by atoms with Gasteiger partial charge in [0, 0.05) is 48.3 Å². The number of thiophene rings is 1. The van der Waals surface area contributed by atoms with E-state index in [1.165, 1.54) is 11.3 Å². The van der Waals surface area contributed by atoms with Crippen LogP contribution in [0.15, 0.2) is 54.6 Å². The number of phenols is 1. The normalized spacial score (nSPS) is 14.3. The predicted molar refractivity (Wildman–Crippen MR) is 129 cm³/mol. The molecule has 1 fully saturated rings. The summed E-state index contributed by atoms with van der Waals surface area (Å²) < 4.78 is 1.94. The van der Waals surface area contributed by atoms with Gasteiger partial charge in [0.25, 0.3) is 5.91 Å². The third-order valence-corrected chi connectivity index (χ3v) is 7.36. The Labute approximate surface area is 195 Å². The van der Waals surface area contributed by atoms with E-state index in [4.69, 9.17) is 11.6 Å². The summed E-state index contributed by atoms with van der Waals surface area (Å²) in [5, 5.41) is 16.1. The molecule has 5 rings (SSSR count). The van der Waals surface area contributed by atoms with Gasteiger partial charge >= 0.3 is 0 Å². The maximum atomic E-state index is 13.2. The molecule has 0 radical (unpaired) electrons. The lowest BCUT2D eigenvalue weighted by atomic mass is 10.2. The van der Waals surface area contributed by atoms with Crippen molar-refractivity contribution in [2.75, 3.05) is 31.1 Å². The summed E-state index contributed by atoms with van der Waals surface area (Å²) in [5.74, 6) is 0.318. The molecule has 0 spiro atoms. The van der Waals surface area contributed by atoms with Crippen molar-refractivity contribution in [3.05, 3.63) is 75.8 Å². The van der Waals surface area contributed by atoms with Crippen LogP contribution in [0.5, 0.6) is 5.75 Å². The van der Waals surface area contributed by atoms with Gasteiger partial charge in [-0.25, -0.2) is 0 Å². The molecule has 4 aromatic rings. The molecule has 1 amide bonds. The van der Waals surface area contributed by atoms with Crippen molar-refractivity contribution in [2.45, 2.75) is 13.5 Å². The van der Waals surface area contributed by atoms with E-state index in [1.807, 2.05) is 59.0 Å². The topological polar surface area (TPSA) is 61.6 Å². The number of aryl methyl sites for hydroxylation is 1. The van der Waals surface area contributed by atoms with Gasteiger partial charge in [-0.2, -0.15) is 5.10 Å². The van der Waals surface area contributed by atoms with Gasteiger partial charge in [0.15, 0.2) is 0 Å². The number of nitrogens with zero attached hydrogens (tertiary/aromatic N) is 4. The summed E-state index contributed by atoms with van der Waals surface area (Å²) in [6, 6.07) is 17.0. The van der Waals surface area contributed by atoms with Crippen molar-refractivity contribution in [2.24, 2.45) is 0 Å². The first kappa shape index (κ1) is 20.8. The Kier molecular flexibility index (Phi) is 5.53. The smallest absolute Gasteiger partial charge is 0.264 e. The van der Waals surface area contributed by atoms with Gasteiger partial charge in [-0.1, -0.05) is 35.9 Å². The standard InChI is InChI=1S/C24H23ClN4O2S/c1-16-20-14-22(32-24(20)29(26-16)15-17-5-2-3-8-21(17)25)23(31)28-11-9-27(10-12-28)18-6-4-7-19(30)13-18/h2-8,13-14,30H,9-12,15H2,1H3. The molecule has 0 aliphatic carbocycles. The molecule has 1 aliphatic rings. The fourth-order valence-electron chi connectivity index (χ4n) is 4.13. The molecule has 1 N–H and O–H groups in total. The molecule has 3 heterocycles. The lowest BCUT2D eigenvalue weighted by Gasteiger charge is -2.36. The van der Waals surface area contributed by atoms with Gasteiger partial charge in [0.2, 0.25) is 0 Å². The highest BCUT2D eigenvalue weighted by molar-refractivity contribution is 7.20. The van der Waals surface area contributed by atoms with Crippen molar-refractivity contribution >= 4 is 44.7 Å². The van der Waals surface area contributed by atoms with E-state index in [2.05, 4.69) is 10.00 Å². The lowest BCUT2D eigenvalue weighted by molar-refractivity contribution is 0.0751. The number of carbonyl (C=O) groups excluding carboxylic acids is 1. The zero-order valence-corrected chi connectivity index (χ0v) is 19.2. The second-order valence-electron chi connectivity index (χ2n) is 7.96. The molecule has 0 saturated carbocycles. The number of rotatable bonds is 4. The van der Waals surface area contributed by atoms with Gasteiger partial charge < -0.3 is 14.9 Å². The van der Waals surface area contributed by atoms with Crippen molar-refractivity contribution < 1.29 is 9.90 Å². The molecule has 32 heavy (non-hydrogen) atoms. The highest BCUT2D eigenvalue weighted by atomic mass is 35.5. The van der Waals surface area contributed by atoms with Crippen molar-refractivity contribution in [3.63, 3.8) is 0 Å². The number of amides is 1. The second kappa shape index (κ2) is 8.48. The molecule has 6 nitrogen and oxygen atoms in total. The number of halogens is 1. The first-order valence-corrected chi connectivity index (χ1v) is 11.7. The molecule has 2 aromatic carbocycles. The van der Waals surface area contributed by atoms with E-state index in [-0.39, 0.29) is 11.7 Å². The molecule has 164 valence electrons. The summed E-state index contributed by atoms with van der Waals surface area (Å²) in [6.07, 6.45) is 0. The Morgan fingerprint density at radius 2 is 1.88 bits per heavy atom. The van der Waals surface area contributed by atoms with E-state index in [0.29, 0.717) is 24.7 Å². The number of aromatic hydroxyl groups is 1. The number of benzene rings is 2. The van der Waals surface area contributed by atoms with Crippen molar-refractivity contribution in [1.29, 1.82) is 0 Å². The molecule has 1 saturated heterocycles. The Hall–Kier alpha value is -3.03. The fourth-order valence-corrected chi connectivity index (χ4v) is 5.45. The van der Waals surface area contributed by atoms with E-state index in [0.717, 1.165) is 45.1 Å². The summed E-state index contributed by atoms with van der Waals surface area (Å²) in [5.41, 5.74) is 2.90. The molecular formula is C24H23ClN4O2S.